The van der Waals surface area contributed by atoms with Crippen molar-refractivity contribution in [3.63, 3.8) is 0 Å². The Morgan fingerprint density at radius 1 is 1.29 bits per heavy atom. The van der Waals surface area contributed by atoms with Crippen molar-refractivity contribution in [2.75, 3.05) is 33.1 Å². The predicted molar refractivity (Wildman–Crippen MR) is 104 cm³/mol. The minimum atomic E-state index is -0.886. The number of ether oxygens (including phenoxy) is 3. The second kappa shape index (κ2) is 10.7. The smallest absolute Gasteiger partial charge is 0.317 e. The maximum absolute atomic E-state index is 12.1. The molecule has 1 heterocycles. The summed E-state index contributed by atoms with van der Waals surface area (Å²) in [6.07, 6.45) is -0.886. The van der Waals surface area contributed by atoms with E-state index in [9.17, 15) is 9.59 Å². The number of aromatic nitrogens is 3. The summed E-state index contributed by atoms with van der Waals surface area (Å²) >= 11 is 1.18. The molecule has 152 valence electrons. The maximum Gasteiger partial charge on any atom is 0.317 e. The average molecular weight is 408 g/mol. The zero-order chi connectivity index (χ0) is 20.5. The number of nitrogens with one attached hydrogen (secondary N) is 1. The van der Waals surface area contributed by atoms with Gasteiger partial charge in [0.05, 0.1) is 25.2 Å². The van der Waals surface area contributed by atoms with E-state index in [-0.39, 0.29) is 11.7 Å². The van der Waals surface area contributed by atoms with Crippen molar-refractivity contribution in [3.8, 4) is 11.4 Å². The number of esters is 1. The second-order valence-electron chi connectivity index (χ2n) is 5.77. The van der Waals surface area contributed by atoms with Gasteiger partial charge in [-0.05, 0) is 26.0 Å². The lowest BCUT2D eigenvalue weighted by atomic mass is 10.3. The molecular formula is C18H24N4O5S. The summed E-state index contributed by atoms with van der Waals surface area (Å²) in [4.78, 5) is 23.9. The highest BCUT2D eigenvalue weighted by Crippen LogP contribution is 2.24. The summed E-state index contributed by atoms with van der Waals surface area (Å²) < 4.78 is 17.1. The number of benzene rings is 1. The number of amides is 1. The number of carbonyl (C=O) groups excluding carboxylic acids is 2. The highest BCUT2D eigenvalue weighted by Gasteiger charge is 2.19. The van der Waals surface area contributed by atoms with E-state index in [0.29, 0.717) is 29.9 Å². The number of methoxy groups -OCH3 is 2. The molecule has 28 heavy (non-hydrogen) atoms. The molecule has 0 fully saturated rings. The fraction of sp³-hybridized carbons (Fsp3) is 0.444. The number of aryl methyl sites for hydroxylation is 1. The van der Waals surface area contributed by atoms with Crippen LogP contribution in [0.2, 0.25) is 0 Å². The van der Waals surface area contributed by atoms with E-state index in [1.54, 1.807) is 14.2 Å². The van der Waals surface area contributed by atoms with Gasteiger partial charge in [-0.3, -0.25) is 14.2 Å². The summed E-state index contributed by atoms with van der Waals surface area (Å²) in [5.74, 6) is 0.491. The molecule has 0 aliphatic rings. The first-order chi connectivity index (χ1) is 13.5. The Kier molecular flexibility index (Phi) is 8.27. The van der Waals surface area contributed by atoms with E-state index in [1.807, 2.05) is 35.8 Å². The topological polar surface area (TPSA) is 105 Å². The third-order valence-corrected chi connectivity index (χ3v) is 4.61. The highest BCUT2D eigenvalue weighted by molar-refractivity contribution is 7.99. The molecule has 0 spiro atoms. The molecule has 9 nitrogen and oxygen atoms in total. The van der Waals surface area contributed by atoms with E-state index in [4.69, 9.17) is 14.2 Å². The van der Waals surface area contributed by atoms with E-state index in [1.165, 1.54) is 18.7 Å². The molecule has 0 aliphatic carbocycles. The van der Waals surface area contributed by atoms with Gasteiger partial charge in [0.25, 0.3) is 5.91 Å². The van der Waals surface area contributed by atoms with Crippen molar-refractivity contribution < 1.29 is 23.8 Å². The number of nitrogens with zero attached hydrogens (tertiary/aromatic N) is 3. The zero-order valence-corrected chi connectivity index (χ0v) is 17.1. The SMILES string of the molecule is COCCNC(=O)[C@@H](C)OC(=O)CSc1nnc(C)n1-c1cccc(OC)c1. The van der Waals surface area contributed by atoms with Crippen LogP contribution >= 0.6 is 11.8 Å². The summed E-state index contributed by atoms with van der Waals surface area (Å²) in [5.41, 5.74) is 0.823. The van der Waals surface area contributed by atoms with Gasteiger partial charge in [0, 0.05) is 19.7 Å². The number of thioether (sulfide) groups is 1. The average Bonchev–Trinajstić information content (AvgIpc) is 3.06. The minimum absolute atomic E-state index is 0.00219. The van der Waals surface area contributed by atoms with E-state index in [2.05, 4.69) is 15.5 Å². The molecule has 1 amide bonds. The van der Waals surface area contributed by atoms with Gasteiger partial charge in [0.2, 0.25) is 0 Å². The van der Waals surface area contributed by atoms with Crippen LogP contribution in [0.15, 0.2) is 29.4 Å². The fourth-order valence-electron chi connectivity index (χ4n) is 2.31. The van der Waals surface area contributed by atoms with Crippen LogP contribution in [0, 0.1) is 6.92 Å². The molecule has 1 atom stereocenters. The Labute approximate surface area is 167 Å². The molecule has 0 aliphatic heterocycles. The van der Waals surface area contributed by atoms with E-state index >= 15 is 0 Å². The Bertz CT molecular complexity index is 811. The molecule has 1 N–H and O–H groups in total. The number of hydrogen-bond acceptors (Lipinski definition) is 8. The van der Waals surface area contributed by atoms with E-state index < -0.39 is 12.1 Å². The van der Waals surface area contributed by atoms with Gasteiger partial charge in [-0.15, -0.1) is 10.2 Å². The zero-order valence-electron chi connectivity index (χ0n) is 16.3. The Morgan fingerprint density at radius 3 is 2.79 bits per heavy atom. The van der Waals surface area contributed by atoms with Crippen molar-refractivity contribution in [1.29, 1.82) is 0 Å². The highest BCUT2D eigenvalue weighted by atomic mass is 32.2. The summed E-state index contributed by atoms with van der Waals surface area (Å²) in [7, 11) is 3.13. The lowest BCUT2D eigenvalue weighted by molar-refractivity contribution is -0.152. The molecule has 0 unspecified atom stereocenters. The Morgan fingerprint density at radius 2 is 2.07 bits per heavy atom. The molecule has 0 saturated heterocycles. The minimum Gasteiger partial charge on any atom is -0.497 e. The van der Waals surface area contributed by atoms with Gasteiger partial charge in [0.15, 0.2) is 11.3 Å². The van der Waals surface area contributed by atoms with Crippen molar-refractivity contribution >= 4 is 23.6 Å². The lowest BCUT2D eigenvalue weighted by Gasteiger charge is -2.13. The third-order valence-electron chi connectivity index (χ3n) is 3.71. The quantitative estimate of drug-likeness (QED) is 0.357. The van der Waals surface area contributed by atoms with E-state index in [0.717, 1.165) is 5.69 Å². The Hall–Kier alpha value is -2.59. The predicted octanol–water partition coefficient (Wildman–Crippen LogP) is 1.37. The number of hydrogen-bond donors (Lipinski definition) is 1. The molecule has 2 aromatic rings. The summed E-state index contributed by atoms with van der Waals surface area (Å²) in [6.45, 7) is 4.09. The number of carbonyl (C=O) groups is 2. The molecule has 1 aromatic carbocycles. The third kappa shape index (κ3) is 5.96. The van der Waals surface area contributed by atoms with Crippen molar-refractivity contribution in [1.82, 2.24) is 20.1 Å². The van der Waals surface area contributed by atoms with Gasteiger partial charge in [-0.2, -0.15) is 0 Å². The molecule has 0 saturated carbocycles. The van der Waals surface area contributed by atoms with Crippen molar-refractivity contribution in [2.24, 2.45) is 0 Å². The van der Waals surface area contributed by atoms with Crippen LogP contribution in [-0.2, 0) is 19.1 Å². The van der Waals surface area contributed by atoms with Gasteiger partial charge >= 0.3 is 5.97 Å². The van der Waals surface area contributed by atoms with Crippen LogP contribution in [0.25, 0.3) is 5.69 Å². The summed E-state index contributed by atoms with van der Waals surface area (Å²) in [5, 5.41) is 11.4. The summed E-state index contributed by atoms with van der Waals surface area (Å²) in [6, 6.07) is 7.45. The lowest BCUT2D eigenvalue weighted by Crippen LogP contribution is -2.37. The van der Waals surface area contributed by atoms with Gasteiger partial charge in [0.1, 0.15) is 11.6 Å². The van der Waals surface area contributed by atoms with Crippen molar-refractivity contribution in [2.45, 2.75) is 25.1 Å². The maximum atomic E-state index is 12.1. The largest absolute Gasteiger partial charge is 0.497 e. The van der Waals surface area contributed by atoms with Crippen molar-refractivity contribution in [3.05, 3.63) is 30.1 Å². The number of rotatable bonds is 10. The molecule has 0 radical (unpaired) electrons. The van der Waals surface area contributed by atoms with Crippen LogP contribution < -0.4 is 10.1 Å². The monoisotopic (exact) mass is 408 g/mol. The molecular weight excluding hydrogens is 384 g/mol. The standard InChI is InChI=1S/C18H24N4O5S/c1-12(17(24)19-8-9-25-3)27-16(23)11-28-18-21-20-13(2)22(18)14-6-5-7-15(10-14)26-4/h5-7,10,12H,8-9,11H2,1-4H3,(H,19,24)/t12-/m1/s1. The first-order valence-electron chi connectivity index (χ1n) is 8.61. The van der Waals surface area contributed by atoms with Crippen LogP contribution in [0.5, 0.6) is 5.75 Å². The molecule has 0 bridgehead atoms. The van der Waals surface area contributed by atoms with Crippen LogP contribution in [0.4, 0.5) is 0 Å². The molecule has 10 heteroatoms. The van der Waals surface area contributed by atoms with Gasteiger partial charge in [-0.1, -0.05) is 17.8 Å². The molecule has 2 rings (SSSR count). The first kappa shape index (κ1) is 21.7. The first-order valence-corrected chi connectivity index (χ1v) is 9.60. The van der Waals surface area contributed by atoms with Crippen LogP contribution in [0.1, 0.15) is 12.7 Å². The van der Waals surface area contributed by atoms with Gasteiger partial charge < -0.3 is 19.5 Å². The normalized spacial score (nSPS) is 11.7. The van der Waals surface area contributed by atoms with Crippen LogP contribution in [0.3, 0.4) is 0 Å². The fourth-order valence-corrected chi connectivity index (χ4v) is 3.09. The Balaban J connectivity index is 1.96. The van der Waals surface area contributed by atoms with Gasteiger partial charge in [-0.25, -0.2) is 0 Å². The van der Waals surface area contributed by atoms with Crippen LogP contribution in [-0.4, -0.2) is 65.9 Å². The molecule has 1 aromatic heterocycles. The second-order valence-corrected chi connectivity index (χ2v) is 6.71.